The first-order valence-electron chi connectivity index (χ1n) is 9.42. The maximum Gasteiger partial charge on any atom is 0.0654 e. The van der Waals surface area contributed by atoms with Crippen molar-refractivity contribution in [3.8, 4) is 11.1 Å². The second-order valence-electron chi connectivity index (χ2n) is 6.50. The third-order valence-electron chi connectivity index (χ3n) is 4.37. The molecule has 154 valence electrons. The topological polar surface area (TPSA) is 83.5 Å². The summed E-state index contributed by atoms with van der Waals surface area (Å²) in [6.45, 7) is 1.16. The third-order valence-corrected chi connectivity index (χ3v) is 5.01. The molecule has 0 unspecified atom stereocenters. The average molecular weight is 439 g/mol. The van der Waals surface area contributed by atoms with Gasteiger partial charge in [-0.05, 0) is 65.1 Å². The van der Waals surface area contributed by atoms with Crippen molar-refractivity contribution in [3.05, 3.63) is 89.2 Å². The van der Waals surface area contributed by atoms with E-state index in [1.807, 2.05) is 54.6 Å². The highest BCUT2D eigenvalue weighted by Crippen LogP contribution is 2.29. The fourth-order valence-corrected chi connectivity index (χ4v) is 3.18. The Labute approximate surface area is 185 Å². The lowest BCUT2D eigenvalue weighted by atomic mass is 10.00. The quantitative estimate of drug-likeness (QED) is 0.230. The molecule has 0 aliphatic rings. The van der Waals surface area contributed by atoms with Crippen molar-refractivity contribution in [1.82, 2.24) is 4.98 Å². The number of hydrogen-bond donors (Lipinski definition) is 3. The first-order chi connectivity index (χ1) is 14.7. The van der Waals surface area contributed by atoms with Crippen LogP contribution in [0.4, 0.5) is 5.69 Å². The van der Waals surface area contributed by atoms with Gasteiger partial charge < -0.3 is 15.6 Å². The predicted molar refractivity (Wildman–Crippen MR) is 129 cm³/mol. The standard InChI is InChI=1S/C23H23ClN4OS/c24-20-6-3-18(4-7-20)19-5-8-23(28-12-13-30-29)21(14-19)22(25)9-11-27-16-17-2-1-10-26-15-17/h1-11,14-15,28-29H,12-13,16,25H2/b22-9-,27-11?. The van der Waals surface area contributed by atoms with E-state index in [-0.39, 0.29) is 0 Å². The van der Waals surface area contributed by atoms with E-state index in [1.54, 1.807) is 24.7 Å². The van der Waals surface area contributed by atoms with Crippen molar-refractivity contribution in [2.45, 2.75) is 6.54 Å². The van der Waals surface area contributed by atoms with Crippen LogP contribution >= 0.6 is 23.6 Å². The van der Waals surface area contributed by atoms with E-state index in [9.17, 15) is 0 Å². The van der Waals surface area contributed by atoms with Crippen molar-refractivity contribution in [2.75, 3.05) is 17.6 Å². The Bertz CT molecular complexity index is 1010. The molecule has 0 fully saturated rings. The Morgan fingerprint density at radius 3 is 2.70 bits per heavy atom. The molecule has 0 atom stereocenters. The highest BCUT2D eigenvalue weighted by molar-refractivity contribution is 7.93. The minimum atomic E-state index is 0.543. The predicted octanol–water partition coefficient (Wildman–Crippen LogP) is 5.59. The number of nitrogens with zero attached hydrogens (tertiary/aromatic N) is 2. The third kappa shape index (κ3) is 6.35. The Morgan fingerprint density at radius 1 is 1.17 bits per heavy atom. The molecule has 5 nitrogen and oxygen atoms in total. The molecule has 0 saturated heterocycles. The summed E-state index contributed by atoms with van der Waals surface area (Å²) in [4.78, 5) is 8.50. The van der Waals surface area contributed by atoms with E-state index in [0.29, 0.717) is 29.6 Å². The molecule has 30 heavy (non-hydrogen) atoms. The average Bonchev–Trinajstić information content (AvgIpc) is 2.78. The maximum absolute atomic E-state index is 8.98. The van der Waals surface area contributed by atoms with Crippen LogP contribution in [0, 0.1) is 0 Å². The van der Waals surface area contributed by atoms with Crippen LogP contribution in [0.3, 0.4) is 0 Å². The van der Waals surface area contributed by atoms with Gasteiger partial charge in [0, 0.05) is 52.9 Å². The van der Waals surface area contributed by atoms with E-state index in [2.05, 4.69) is 15.3 Å². The summed E-state index contributed by atoms with van der Waals surface area (Å²) in [6.07, 6.45) is 7.04. The van der Waals surface area contributed by atoms with Gasteiger partial charge in [0.15, 0.2) is 0 Å². The summed E-state index contributed by atoms with van der Waals surface area (Å²) < 4.78 is 8.98. The van der Waals surface area contributed by atoms with Crippen molar-refractivity contribution in [3.63, 3.8) is 0 Å². The molecule has 0 bridgehead atoms. The number of allylic oxidation sites excluding steroid dienone is 1. The SMILES string of the molecule is N/C(=C\C=NCc1cccnc1)c1cc(-c2ccc(Cl)cc2)ccc1NCCSO. The number of hydrogen-bond acceptors (Lipinski definition) is 6. The normalized spacial score (nSPS) is 11.7. The van der Waals surface area contributed by atoms with Crippen molar-refractivity contribution < 1.29 is 4.55 Å². The van der Waals surface area contributed by atoms with Crippen LogP contribution < -0.4 is 11.1 Å². The van der Waals surface area contributed by atoms with Crippen molar-refractivity contribution >= 4 is 41.2 Å². The van der Waals surface area contributed by atoms with Gasteiger partial charge in [-0.25, -0.2) is 0 Å². The van der Waals surface area contributed by atoms with E-state index in [4.69, 9.17) is 21.9 Å². The molecule has 0 spiro atoms. The number of aromatic nitrogens is 1. The lowest BCUT2D eigenvalue weighted by Gasteiger charge is -2.14. The van der Waals surface area contributed by atoms with Gasteiger partial charge in [0.25, 0.3) is 0 Å². The van der Waals surface area contributed by atoms with Gasteiger partial charge in [0.05, 0.1) is 6.54 Å². The molecule has 1 heterocycles. The zero-order valence-corrected chi connectivity index (χ0v) is 17.9. The van der Waals surface area contributed by atoms with E-state index in [1.165, 1.54) is 0 Å². The molecule has 7 heteroatoms. The van der Waals surface area contributed by atoms with Crippen LogP contribution in [0.1, 0.15) is 11.1 Å². The highest BCUT2D eigenvalue weighted by Gasteiger charge is 2.08. The molecule has 0 aliphatic carbocycles. The van der Waals surface area contributed by atoms with Crippen LogP contribution in [-0.4, -0.2) is 28.0 Å². The number of rotatable bonds is 9. The zero-order chi connectivity index (χ0) is 21.2. The molecule has 3 aromatic rings. The Hall–Kier alpha value is -2.80. The highest BCUT2D eigenvalue weighted by atomic mass is 35.5. The monoisotopic (exact) mass is 438 g/mol. The van der Waals surface area contributed by atoms with Crippen LogP contribution in [-0.2, 0) is 6.54 Å². The molecule has 0 saturated carbocycles. The molecule has 0 aliphatic heterocycles. The van der Waals surface area contributed by atoms with Gasteiger partial charge in [-0.15, -0.1) is 0 Å². The van der Waals surface area contributed by atoms with Crippen molar-refractivity contribution in [1.29, 1.82) is 0 Å². The second-order valence-corrected chi connectivity index (χ2v) is 7.60. The van der Waals surface area contributed by atoms with Gasteiger partial charge in [-0.1, -0.05) is 35.9 Å². The van der Waals surface area contributed by atoms with Gasteiger partial charge in [0.1, 0.15) is 0 Å². The molecule has 1 aromatic heterocycles. The van der Waals surface area contributed by atoms with Crippen LogP contribution in [0.5, 0.6) is 0 Å². The van der Waals surface area contributed by atoms with Crippen LogP contribution in [0.25, 0.3) is 16.8 Å². The minimum Gasteiger partial charge on any atom is -0.398 e. The number of aliphatic imine (C=N–C) groups is 1. The lowest BCUT2D eigenvalue weighted by Crippen LogP contribution is -2.08. The molecular formula is C23H23ClN4OS. The molecule has 0 radical (unpaired) electrons. The summed E-state index contributed by atoms with van der Waals surface area (Å²) in [7, 11) is 0. The Morgan fingerprint density at radius 2 is 1.97 bits per heavy atom. The number of halogens is 1. The number of anilines is 1. The summed E-state index contributed by atoms with van der Waals surface area (Å²) in [6, 6.07) is 17.6. The second kappa shape index (κ2) is 11.4. The number of nitrogens with one attached hydrogen (secondary N) is 1. The zero-order valence-electron chi connectivity index (χ0n) is 16.3. The lowest BCUT2D eigenvalue weighted by molar-refractivity contribution is 0.664. The smallest absolute Gasteiger partial charge is 0.0654 e. The summed E-state index contributed by atoms with van der Waals surface area (Å²) in [5, 5.41) is 4.02. The number of nitrogens with two attached hydrogens (primary N) is 1. The van der Waals surface area contributed by atoms with Crippen LogP contribution in [0.2, 0.25) is 5.02 Å². The number of pyridine rings is 1. The van der Waals surface area contributed by atoms with Crippen molar-refractivity contribution in [2.24, 2.45) is 10.7 Å². The maximum atomic E-state index is 8.98. The summed E-state index contributed by atoms with van der Waals surface area (Å²) >= 11 is 6.82. The van der Waals surface area contributed by atoms with Gasteiger partial charge in [-0.3, -0.25) is 9.98 Å². The van der Waals surface area contributed by atoms with E-state index < -0.39 is 0 Å². The largest absolute Gasteiger partial charge is 0.398 e. The van der Waals surface area contributed by atoms with Gasteiger partial charge >= 0.3 is 0 Å². The minimum absolute atomic E-state index is 0.543. The van der Waals surface area contributed by atoms with E-state index >= 15 is 0 Å². The fraction of sp³-hybridized carbons (Fsp3) is 0.130. The number of benzene rings is 2. The first kappa shape index (κ1) is 21.9. The molecule has 3 rings (SSSR count). The van der Waals surface area contributed by atoms with Gasteiger partial charge in [0.2, 0.25) is 0 Å². The Kier molecular flexibility index (Phi) is 8.32. The summed E-state index contributed by atoms with van der Waals surface area (Å²) in [5.74, 6) is 0.578. The molecular weight excluding hydrogens is 416 g/mol. The first-order valence-corrected chi connectivity index (χ1v) is 10.7. The molecule has 0 amide bonds. The van der Waals surface area contributed by atoms with E-state index in [0.717, 1.165) is 40.0 Å². The molecule has 2 aromatic carbocycles. The molecule has 4 N–H and O–H groups in total. The summed E-state index contributed by atoms with van der Waals surface area (Å²) in [5.41, 5.74) is 11.9. The van der Waals surface area contributed by atoms with Crippen LogP contribution in [0.15, 0.2) is 78.1 Å². The van der Waals surface area contributed by atoms with Gasteiger partial charge in [-0.2, -0.15) is 0 Å². The fourth-order valence-electron chi connectivity index (χ4n) is 2.86. The Balaban J connectivity index is 1.84.